The standard InChI is InChI=1S/C14H12F2IN/c1-9(13-7-10(15)5-6-14(13)16)18-12-4-2-3-11(17)8-12/h2-9,18H,1H3. The number of benzene rings is 2. The van der Waals surface area contributed by atoms with E-state index < -0.39 is 11.6 Å². The van der Waals surface area contributed by atoms with Gasteiger partial charge in [-0.15, -0.1) is 0 Å². The van der Waals surface area contributed by atoms with Crippen molar-refractivity contribution in [3.05, 3.63) is 63.2 Å². The van der Waals surface area contributed by atoms with Crippen molar-refractivity contribution >= 4 is 28.3 Å². The van der Waals surface area contributed by atoms with Crippen molar-refractivity contribution in [3.63, 3.8) is 0 Å². The van der Waals surface area contributed by atoms with Gasteiger partial charge in [0.2, 0.25) is 0 Å². The SMILES string of the molecule is CC(Nc1cccc(I)c1)c1cc(F)ccc1F. The lowest BCUT2D eigenvalue weighted by Gasteiger charge is -2.16. The third-order valence-corrected chi connectivity index (χ3v) is 3.30. The smallest absolute Gasteiger partial charge is 0.128 e. The molecular weight excluding hydrogens is 347 g/mol. The Hall–Kier alpha value is -1.17. The predicted octanol–water partition coefficient (Wildman–Crippen LogP) is 4.74. The third-order valence-electron chi connectivity index (χ3n) is 2.63. The first kappa shape index (κ1) is 13.3. The molecule has 0 aromatic heterocycles. The third kappa shape index (κ3) is 3.19. The van der Waals surface area contributed by atoms with Crippen LogP contribution in [0.25, 0.3) is 0 Å². The summed E-state index contributed by atoms with van der Waals surface area (Å²) >= 11 is 2.20. The van der Waals surface area contributed by atoms with Gasteiger partial charge in [-0.05, 0) is 65.9 Å². The van der Waals surface area contributed by atoms with E-state index in [-0.39, 0.29) is 6.04 Å². The lowest BCUT2D eigenvalue weighted by Crippen LogP contribution is -2.09. The van der Waals surface area contributed by atoms with Crippen molar-refractivity contribution in [1.82, 2.24) is 0 Å². The highest BCUT2D eigenvalue weighted by molar-refractivity contribution is 14.1. The molecule has 0 saturated carbocycles. The van der Waals surface area contributed by atoms with Gasteiger partial charge in [-0.2, -0.15) is 0 Å². The first-order valence-electron chi connectivity index (χ1n) is 5.53. The van der Waals surface area contributed by atoms with E-state index in [2.05, 4.69) is 27.9 Å². The van der Waals surface area contributed by atoms with Gasteiger partial charge in [-0.3, -0.25) is 0 Å². The maximum Gasteiger partial charge on any atom is 0.128 e. The van der Waals surface area contributed by atoms with Gasteiger partial charge in [0.05, 0.1) is 6.04 Å². The van der Waals surface area contributed by atoms with Crippen molar-refractivity contribution < 1.29 is 8.78 Å². The molecule has 0 heterocycles. The zero-order valence-corrected chi connectivity index (χ0v) is 11.9. The molecule has 2 aromatic rings. The Bertz CT molecular complexity index is 557. The minimum absolute atomic E-state index is 0.293. The summed E-state index contributed by atoms with van der Waals surface area (Å²) in [6.07, 6.45) is 0. The van der Waals surface area contributed by atoms with Gasteiger partial charge in [-0.1, -0.05) is 6.07 Å². The molecule has 0 fully saturated rings. The first-order valence-corrected chi connectivity index (χ1v) is 6.61. The highest BCUT2D eigenvalue weighted by Crippen LogP contribution is 2.23. The second kappa shape index (κ2) is 5.65. The Morgan fingerprint density at radius 3 is 2.61 bits per heavy atom. The molecule has 4 heteroatoms. The number of rotatable bonds is 3. The molecule has 0 aliphatic carbocycles. The predicted molar refractivity (Wildman–Crippen MR) is 77.6 cm³/mol. The zero-order valence-electron chi connectivity index (χ0n) is 9.75. The van der Waals surface area contributed by atoms with Crippen LogP contribution in [0, 0.1) is 15.2 Å². The summed E-state index contributed by atoms with van der Waals surface area (Å²) < 4.78 is 27.8. The van der Waals surface area contributed by atoms with Crippen molar-refractivity contribution in [1.29, 1.82) is 0 Å². The Kier molecular flexibility index (Phi) is 4.16. The number of nitrogens with one attached hydrogen (secondary N) is 1. The minimum Gasteiger partial charge on any atom is -0.378 e. The fourth-order valence-corrected chi connectivity index (χ4v) is 2.30. The quantitative estimate of drug-likeness (QED) is 0.781. The van der Waals surface area contributed by atoms with Crippen LogP contribution < -0.4 is 5.32 Å². The first-order chi connectivity index (χ1) is 8.56. The largest absolute Gasteiger partial charge is 0.378 e. The van der Waals surface area contributed by atoms with E-state index in [4.69, 9.17) is 0 Å². The van der Waals surface area contributed by atoms with Gasteiger partial charge < -0.3 is 5.32 Å². The molecule has 0 amide bonds. The minimum atomic E-state index is -0.428. The summed E-state index contributed by atoms with van der Waals surface area (Å²) in [5.41, 5.74) is 1.21. The molecule has 1 unspecified atom stereocenters. The van der Waals surface area contributed by atoms with E-state index >= 15 is 0 Å². The van der Waals surface area contributed by atoms with Crippen LogP contribution in [0.4, 0.5) is 14.5 Å². The zero-order chi connectivity index (χ0) is 13.1. The molecule has 0 saturated heterocycles. The molecule has 2 aromatic carbocycles. The van der Waals surface area contributed by atoms with Crippen LogP contribution in [0.2, 0.25) is 0 Å². The van der Waals surface area contributed by atoms with Crippen LogP contribution in [-0.2, 0) is 0 Å². The lowest BCUT2D eigenvalue weighted by atomic mass is 10.1. The van der Waals surface area contributed by atoms with Crippen LogP contribution in [0.1, 0.15) is 18.5 Å². The van der Waals surface area contributed by atoms with E-state index in [1.807, 2.05) is 24.3 Å². The normalized spacial score (nSPS) is 12.2. The molecule has 0 aliphatic heterocycles. The van der Waals surface area contributed by atoms with Crippen molar-refractivity contribution in [2.75, 3.05) is 5.32 Å². The van der Waals surface area contributed by atoms with Crippen LogP contribution in [0.5, 0.6) is 0 Å². The molecule has 0 spiro atoms. The second-order valence-electron chi connectivity index (χ2n) is 4.04. The Morgan fingerprint density at radius 2 is 1.89 bits per heavy atom. The highest BCUT2D eigenvalue weighted by atomic mass is 127. The van der Waals surface area contributed by atoms with Crippen LogP contribution in [-0.4, -0.2) is 0 Å². The summed E-state index contributed by atoms with van der Waals surface area (Å²) in [5.74, 6) is -0.829. The van der Waals surface area contributed by atoms with Gasteiger partial charge in [0.1, 0.15) is 11.6 Å². The number of hydrogen-bond donors (Lipinski definition) is 1. The topological polar surface area (TPSA) is 12.0 Å². The summed E-state index contributed by atoms with van der Waals surface area (Å²) in [4.78, 5) is 0. The molecule has 94 valence electrons. The van der Waals surface area contributed by atoms with Gasteiger partial charge in [-0.25, -0.2) is 8.78 Å². The molecule has 1 N–H and O–H groups in total. The van der Waals surface area contributed by atoms with Crippen LogP contribution in [0.3, 0.4) is 0 Å². The van der Waals surface area contributed by atoms with Gasteiger partial charge in [0, 0.05) is 14.8 Å². The van der Waals surface area contributed by atoms with E-state index in [1.54, 1.807) is 6.92 Å². The fraction of sp³-hybridized carbons (Fsp3) is 0.143. The Morgan fingerprint density at radius 1 is 1.11 bits per heavy atom. The average molecular weight is 359 g/mol. The highest BCUT2D eigenvalue weighted by Gasteiger charge is 2.11. The van der Waals surface area contributed by atoms with Gasteiger partial charge in [0.15, 0.2) is 0 Å². The van der Waals surface area contributed by atoms with Crippen molar-refractivity contribution in [2.45, 2.75) is 13.0 Å². The summed E-state index contributed by atoms with van der Waals surface area (Å²) in [7, 11) is 0. The van der Waals surface area contributed by atoms with Crippen molar-refractivity contribution in [2.24, 2.45) is 0 Å². The molecule has 0 bridgehead atoms. The van der Waals surface area contributed by atoms with Crippen LogP contribution in [0.15, 0.2) is 42.5 Å². The van der Waals surface area contributed by atoms with Gasteiger partial charge in [0.25, 0.3) is 0 Å². The molecular formula is C14H12F2IN. The molecule has 1 nitrogen and oxygen atoms in total. The molecule has 18 heavy (non-hydrogen) atoms. The Labute approximate surface area is 118 Å². The van der Waals surface area contributed by atoms with E-state index in [0.717, 1.165) is 21.4 Å². The number of anilines is 1. The summed E-state index contributed by atoms with van der Waals surface area (Å²) in [6.45, 7) is 1.80. The maximum atomic E-state index is 13.6. The fourth-order valence-electron chi connectivity index (χ4n) is 1.75. The van der Waals surface area contributed by atoms with E-state index in [9.17, 15) is 8.78 Å². The monoisotopic (exact) mass is 359 g/mol. The van der Waals surface area contributed by atoms with Gasteiger partial charge >= 0.3 is 0 Å². The van der Waals surface area contributed by atoms with Crippen molar-refractivity contribution in [3.8, 4) is 0 Å². The van der Waals surface area contributed by atoms with Crippen LogP contribution >= 0.6 is 22.6 Å². The second-order valence-corrected chi connectivity index (χ2v) is 5.29. The molecule has 2 rings (SSSR count). The molecule has 1 atom stereocenters. The number of halogens is 3. The average Bonchev–Trinajstić information content (AvgIpc) is 2.32. The number of hydrogen-bond acceptors (Lipinski definition) is 1. The lowest BCUT2D eigenvalue weighted by molar-refractivity contribution is 0.577. The Balaban J connectivity index is 2.21. The molecule has 0 aliphatic rings. The van der Waals surface area contributed by atoms with E-state index in [1.165, 1.54) is 6.07 Å². The summed E-state index contributed by atoms with van der Waals surface area (Å²) in [5, 5.41) is 3.16. The maximum absolute atomic E-state index is 13.6. The molecule has 0 radical (unpaired) electrons. The summed E-state index contributed by atoms with van der Waals surface area (Å²) in [6, 6.07) is 10.9. The van der Waals surface area contributed by atoms with E-state index in [0.29, 0.717) is 5.56 Å².